The smallest absolute Gasteiger partial charge is 0.377 e. The minimum atomic E-state index is -2.58. The lowest BCUT2D eigenvalue weighted by atomic mass is 10.2. The van der Waals surface area contributed by atoms with Crippen LogP contribution in [0.1, 0.15) is 5.56 Å². The van der Waals surface area contributed by atoms with Gasteiger partial charge in [0.15, 0.2) is 0 Å². The summed E-state index contributed by atoms with van der Waals surface area (Å²) in [6.45, 7) is 1.71. The van der Waals surface area contributed by atoms with Crippen LogP contribution in [0.4, 0.5) is 0 Å². The van der Waals surface area contributed by atoms with Crippen LogP contribution >= 0.6 is 0 Å². The molecule has 0 aliphatic rings. The Kier molecular flexibility index (Phi) is 7.88. The second-order valence-corrected chi connectivity index (χ2v) is 7.13. The van der Waals surface area contributed by atoms with Crippen molar-refractivity contribution in [3.63, 3.8) is 0 Å². The van der Waals surface area contributed by atoms with E-state index in [-0.39, 0.29) is 0 Å². The van der Waals surface area contributed by atoms with Crippen LogP contribution in [0.5, 0.6) is 0 Å². The fourth-order valence-corrected chi connectivity index (χ4v) is 3.63. The van der Waals surface area contributed by atoms with Crippen LogP contribution in [0.3, 0.4) is 0 Å². The molecule has 3 N–H and O–H groups in total. The van der Waals surface area contributed by atoms with Crippen molar-refractivity contribution in [1.82, 2.24) is 5.32 Å². The van der Waals surface area contributed by atoms with E-state index in [0.29, 0.717) is 13.3 Å². The second kappa shape index (κ2) is 9.19. The quantitative estimate of drug-likeness (QED) is 0.381. The molecule has 0 unspecified atom stereocenters. The van der Waals surface area contributed by atoms with Gasteiger partial charge in [-0.15, -0.1) is 0 Å². The van der Waals surface area contributed by atoms with Crippen LogP contribution in [0, 0.1) is 0 Å². The molecule has 0 amide bonds. The average Bonchev–Trinajstić information content (AvgIpc) is 2.48. The summed E-state index contributed by atoms with van der Waals surface area (Å²) in [5.41, 5.74) is 6.67. The van der Waals surface area contributed by atoms with Gasteiger partial charge in [-0.25, -0.2) is 0 Å². The van der Waals surface area contributed by atoms with Crippen molar-refractivity contribution in [2.24, 2.45) is 5.73 Å². The Balaban J connectivity index is 2.46. The van der Waals surface area contributed by atoms with Crippen molar-refractivity contribution >= 4 is 8.80 Å². The highest BCUT2D eigenvalue weighted by Gasteiger charge is 2.38. The number of aryl methyl sites for hydroxylation is 1. The standard InChI is InChI=1S/C13H24N2O3Si/c1-16-19(17-2,18-12-15-10-9-14)11-8-13-6-4-3-5-7-13/h3-7,15H,8-12,14H2,1-2H3. The number of benzene rings is 1. The van der Waals surface area contributed by atoms with E-state index >= 15 is 0 Å². The normalized spacial score (nSPS) is 11.7. The maximum Gasteiger partial charge on any atom is 0.501 e. The van der Waals surface area contributed by atoms with Gasteiger partial charge in [-0.3, -0.25) is 5.32 Å². The molecule has 0 aliphatic heterocycles. The van der Waals surface area contributed by atoms with Gasteiger partial charge in [0.2, 0.25) is 0 Å². The lowest BCUT2D eigenvalue weighted by Gasteiger charge is -2.26. The molecule has 0 fully saturated rings. The number of nitrogens with two attached hydrogens (primary N) is 1. The summed E-state index contributed by atoms with van der Waals surface area (Å²) in [7, 11) is 0.705. The van der Waals surface area contributed by atoms with E-state index < -0.39 is 8.80 Å². The van der Waals surface area contributed by atoms with Gasteiger partial charge in [0.25, 0.3) is 0 Å². The predicted molar refractivity (Wildman–Crippen MR) is 77.7 cm³/mol. The molecule has 0 radical (unpaired) electrons. The van der Waals surface area contributed by atoms with E-state index in [1.165, 1.54) is 5.56 Å². The average molecular weight is 284 g/mol. The van der Waals surface area contributed by atoms with E-state index in [0.717, 1.165) is 19.0 Å². The summed E-state index contributed by atoms with van der Waals surface area (Å²) < 4.78 is 16.8. The van der Waals surface area contributed by atoms with E-state index in [9.17, 15) is 0 Å². The zero-order valence-electron chi connectivity index (χ0n) is 11.7. The van der Waals surface area contributed by atoms with Crippen molar-refractivity contribution in [2.45, 2.75) is 12.5 Å². The molecule has 0 atom stereocenters. The zero-order valence-corrected chi connectivity index (χ0v) is 12.7. The molecule has 0 heterocycles. The summed E-state index contributed by atoms with van der Waals surface area (Å²) in [5, 5.41) is 3.08. The van der Waals surface area contributed by atoms with E-state index in [1.807, 2.05) is 18.2 Å². The molecular weight excluding hydrogens is 260 g/mol. The van der Waals surface area contributed by atoms with Gasteiger partial charge in [-0.05, 0) is 12.0 Å². The van der Waals surface area contributed by atoms with Gasteiger partial charge in [0.1, 0.15) is 0 Å². The van der Waals surface area contributed by atoms with Gasteiger partial charge >= 0.3 is 8.80 Å². The molecule has 0 aromatic heterocycles. The topological polar surface area (TPSA) is 65.7 Å². The Hall–Kier alpha value is -0.763. The molecule has 0 saturated carbocycles. The summed E-state index contributed by atoms with van der Waals surface area (Å²) in [5.74, 6) is 0. The minimum Gasteiger partial charge on any atom is -0.377 e. The first-order valence-electron chi connectivity index (χ1n) is 6.45. The molecule has 0 aliphatic carbocycles. The molecule has 6 heteroatoms. The number of hydrogen-bond donors (Lipinski definition) is 2. The third-order valence-electron chi connectivity index (χ3n) is 2.90. The van der Waals surface area contributed by atoms with E-state index in [2.05, 4.69) is 17.4 Å². The highest BCUT2D eigenvalue weighted by atomic mass is 28.4. The number of hydrogen-bond acceptors (Lipinski definition) is 5. The fourth-order valence-electron chi connectivity index (χ4n) is 1.75. The van der Waals surface area contributed by atoms with Gasteiger partial charge in [-0.1, -0.05) is 30.3 Å². The Morgan fingerprint density at radius 3 is 2.42 bits per heavy atom. The number of rotatable bonds is 10. The SMILES string of the molecule is CO[Si](CCc1ccccc1)(OC)OCNCCN. The summed E-state index contributed by atoms with van der Waals surface area (Å²) in [6, 6.07) is 11.0. The molecule has 1 aromatic rings. The van der Waals surface area contributed by atoms with Crippen LogP contribution in [0.2, 0.25) is 6.04 Å². The van der Waals surface area contributed by atoms with Crippen molar-refractivity contribution < 1.29 is 13.3 Å². The summed E-state index contributed by atoms with van der Waals surface area (Å²) in [6.07, 6.45) is 0.881. The Bertz CT molecular complexity index is 334. The first-order valence-corrected chi connectivity index (χ1v) is 8.38. The molecular formula is C13H24N2O3Si. The predicted octanol–water partition coefficient (Wildman–Crippen LogP) is 0.983. The second-order valence-electron chi connectivity index (χ2n) is 4.15. The highest BCUT2D eigenvalue weighted by molar-refractivity contribution is 6.60. The maximum atomic E-state index is 5.78. The molecule has 5 nitrogen and oxygen atoms in total. The van der Waals surface area contributed by atoms with Gasteiger partial charge in [0, 0.05) is 33.4 Å². The third kappa shape index (κ3) is 5.81. The molecule has 19 heavy (non-hydrogen) atoms. The largest absolute Gasteiger partial charge is 0.501 e. The molecule has 0 saturated heterocycles. The van der Waals surface area contributed by atoms with Crippen LogP contribution in [-0.4, -0.2) is 42.8 Å². The van der Waals surface area contributed by atoms with Gasteiger partial charge in [-0.2, -0.15) is 0 Å². The van der Waals surface area contributed by atoms with Crippen molar-refractivity contribution in [1.29, 1.82) is 0 Å². The zero-order chi connectivity index (χ0) is 14.0. The number of nitrogens with one attached hydrogen (secondary N) is 1. The van der Waals surface area contributed by atoms with Crippen LogP contribution in [0.15, 0.2) is 30.3 Å². The summed E-state index contributed by atoms with van der Waals surface area (Å²) >= 11 is 0. The lowest BCUT2D eigenvalue weighted by Crippen LogP contribution is -2.46. The van der Waals surface area contributed by atoms with Crippen molar-refractivity contribution in [3.05, 3.63) is 35.9 Å². The monoisotopic (exact) mass is 284 g/mol. The van der Waals surface area contributed by atoms with Crippen molar-refractivity contribution in [3.8, 4) is 0 Å². The Morgan fingerprint density at radius 1 is 1.16 bits per heavy atom. The van der Waals surface area contributed by atoms with Crippen molar-refractivity contribution in [2.75, 3.05) is 34.0 Å². The van der Waals surface area contributed by atoms with Gasteiger partial charge < -0.3 is 19.0 Å². The first-order chi connectivity index (χ1) is 9.26. The van der Waals surface area contributed by atoms with Crippen LogP contribution in [-0.2, 0) is 19.7 Å². The molecule has 1 aromatic carbocycles. The fraction of sp³-hybridized carbons (Fsp3) is 0.538. The first kappa shape index (κ1) is 16.3. The summed E-state index contributed by atoms with van der Waals surface area (Å²) in [4.78, 5) is 0. The minimum absolute atomic E-state index is 0.403. The van der Waals surface area contributed by atoms with Crippen LogP contribution in [0.25, 0.3) is 0 Å². The Labute approximate surface area is 116 Å². The Morgan fingerprint density at radius 2 is 1.84 bits per heavy atom. The van der Waals surface area contributed by atoms with E-state index in [1.54, 1.807) is 14.2 Å². The molecule has 0 bridgehead atoms. The lowest BCUT2D eigenvalue weighted by molar-refractivity contribution is 0.0906. The van der Waals surface area contributed by atoms with Crippen LogP contribution < -0.4 is 11.1 Å². The molecule has 1 rings (SSSR count). The maximum absolute atomic E-state index is 5.78. The van der Waals surface area contributed by atoms with Gasteiger partial charge in [0.05, 0.1) is 6.73 Å². The highest BCUT2D eigenvalue weighted by Crippen LogP contribution is 2.17. The molecule has 108 valence electrons. The van der Waals surface area contributed by atoms with E-state index in [4.69, 9.17) is 19.0 Å². The molecule has 0 spiro atoms. The third-order valence-corrected chi connectivity index (χ3v) is 5.59.